The minimum atomic E-state index is -0.764. The molecule has 0 spiro atoms. The molecule has 0 radical (unpaired) electrons. The number of carboxylic acid groups (broad SMARTS) is 1. The molecule has 4 nitrogen and oxygen atoms in total. The maximum atomic E-state index is 12.2. The lowest BCUT2D eigenvalue weighted by Gasteiger charge is -2.30. The Morgan fingerprint density at radius 3 is 2.17 bits per heavy atom. The highest BCUT2D eigenvalue weighted by Crippen LogP contribution is 2.36. The molecule has 1 aromatic rings. The summed E-state index contributed by atoms with van der Waals surface area (Å²) in [6, 6.07) is 8.27. The molecule has 0 heterocycles. The molecule has 0 atom stereocenters. The first-order valence-corrected chi connectivity index (χ1v) is 8.78. The lowest BCUT2D eigenvalue weighted by Crippen LogP contribution is -2.30. The zero-order valence-electron chi connectivity index (χ0n) is 14.9. The van der Waals surface area contributed by atoms with Gasteiger partial charge in [0.1, 0.15) is 5.60 Å². The number of aliphatic carboxylic acids is 1. The molecule has 1 saturated carbocycles. The van der Waals surface area contributed by atoms with Gasteiger partial charge in [0.2, 0.25) is 0 Å². The highest BCUT2D eigenvalue weighted by atomic mass is 16.6. The Hall–Kier alpha value is -1.84. The van der Waals surface area contributed by atoms with Crippen LogP contribution in [0.3, 0.4) is 0 Å². The van der Waals surface area contributed by atoms with E-state index in [1.165, 1.54) is 5.56 Å². The van der Waals surface area contributed by atoms with Crippen LogP contribution >= 0.6 is 0 Å². The summed E-state index contributed by atoms with van der Waals surface area (Å²) in [4.78, 5) is 22.8. The monoisotopic (exact) mass is 332 g/mol. The van der Waals surface area contributed by atoms with Crippen molar-refractivity contribution in [2.75, 3.05) is 0 Å². The SMILES string of the molecule is CC(C)(C)OC(=O)C1CCC(c2ccc(CCC(=O)O)cc2)CC1. The van der Waals surface area contributed by atoms with Gasteiger partial charge in [-0.15, -0.1) is 0 Å². The number of carbonyl (C=O) groups excluding carboxylic acids is 1. The smallest absolute Gasteiger partial charge is 0.309 e. The van der Waals surface area contributed by atoms with E-state index in [4.69, 9.17) is 9.84 Å². The molecule has 24 heavy (non-hydrogen) atoms. The number of esters is 1. The summed E-state index contributed by atoms with van der Waals surface area (Å²) in [6.07, 6.45) is 4.48. The molecule has 2 rings (SSSR count). The molecule has 0 aliphatic heterocycles. The Kier molecular flexibility index (Phi) is 6.03. The van der Waals surface area contributed by atoms with E-state index in [-0.39, 0.29) is 18.3 Å². The van der Waals surface area contributed by atoms with Crippen LogP contribution in [0.15, 0.2) is 24.3 Å². The summed E-state index contributed by atoms with van der Waals surface area (Å²) in [5.74, 6) is -0.322. The van der Waals surface area contributed by atoms with Gasteiger partial charge >= 0.3 is 11.9 Å². The summed E-state index contributed by atoms with van der Waals surface area (Å²) in [5.41, 5.74) is 1.93. The average molecular weight is 332 g/mol. The van der Waals surface area contributed by atoms with Gasteiger partial charge in [-0.3, -0.25) is 9.59 Å². The van der Waals surface area contributed by atoms with Crippen molar-refractivity contribution < 1.29 is 19.4 Å². The van der Waals surface area contributed by atoms with Crippen molar-refractivity contribution >= 4 is 11.9 Å². The van der Waals surface area contributed by atoms with Crippen molar-refractivity contribution in [3.8, 4) is 0 Å². The van der Waals surface area contributed by atoms with Crippen molar-refractivity contribution in [1.29, 1.82) is 0 Å². The summed E-state index contributed by atoms with van der Waals surface area (Å²) < 4.78 is 5.49. The first-order chi connectivity index (χ1) is 11.2. The zero-order valence-corrected chi connectivity index (χ0v) is 14.9. The molecule has 0 aromatic heterocycles. The standard InChI is InChI=1S/C20H28O4/c1-20(2,3)24-19(23)17-11-9-16(10-12-17)15-7-4-14(5-8-15)6-13-18(21)22/h4-5,7-8,16-17H,6,9-13H2,1-3H3,(H,21,22). The second kappa shape index (κ2) is 7.82. The second-order valence-corrected chi connectivity index (χ2v) is 7.72. The molecular weight excluding hydrogens is 304 g/mol. The molecule has 1 N–H and O–H groups in total. The van der Waals surface area contributed by atoms with Crippen LogP contribution in [0.25, 0.3) is 0 Å². The van der Waals surface area contributed by atoms with Crippen LogP contribution in [-0.4, -0.2) is 22.6 Å². The number of carbonyl (C=O) groups is 2. The first-order valence-electron chi connectivity index (χ1n) is 8.78. The third-order valence-corrected chi connectivity index (χ3v) is 4.55. The Morgan fingerprint density at radius 1 is 1.08 bits per heavy atom. The molecule has 1 aliphatic carbocycles. The fraction of sp³-hybridized carbons (Fsp3) is 0.600. The zero-order chi connectivity index (χ0) is 17.7. The summed E-state index contributed by atoms with van der Waals surface area (Å²) in [6.45, 7) is 5.72. The number of hydrogen-bond acceptors (Lipinski definition) is 3. The quantitative estimate of drug-likeness (QED) is 0.816. The van der Waals surface area contributed by atoms with Gasteiger partial charge in [0.25, 0.3) is 0 Å². The molecule has 4 heteroatoms. The van der Waals surface area contributed by atoms with E-state index in [9.17, 15) is 9.59 Å². The molecule has 0 saturated heterocycles. The van der Waals surface area contributed by atoms with Gasteiger partial charge in [-0.05, 0) is 69.9 Å². The Balaban J connectivity index is 1.85. The predicted octanol–water partition coefficient (Wildman–Crippen LogP) is 4.32. The van der Waals surface area contributed by atoms with E-state index in [0.717, 1.165) is 31.2 Å². The highest BCUT2D eigenvalue weighted by Gasteiger charge is 2.30. The van der Waals surface area contributed by atoms with Gasteiger partial charge < -0.3 is 9.84 Å². The molecule has 1 aromatic carbocycles. The summed E-state index contributed by atoms with van der Waals surface area (Å²) >= 11 is 0. The van der Waals surface area contributed by atoms with E-state index in [1.54, 1.807) is 0 Å². The molecular formula is C20H28O4. The van der Waals surface area contributed by atoms with Crippen LogP contribution in [0.2, 0.25) is 0 Å². The number of benzene rings is 1. The van der Waals surface area contributed by atoms with Crippen molar-refractivity contribution in [3.05, 3.63) is 35.4 Å². The minimum absolute atomic E-state index is 0.0234. The van der Waals surface area contributed by atoms with Gasteiger partial charge in [-0.1, -0.05) is 24.3 Å². The molecule has 132 valence electrons. The molecule has 0 amide bonds. The summed E-state index contributed by atoms with van der Waals surface area (Å²) in [7, 11) is 0. The Labute approximate surface area is 144 Å². The number of hydrogen-bond donors (Lipinski definition) is 1. The van der Waals surface area contributed by atoms with Gasteiger partial charge in [-0.2, -0.15) is 0 Å². The van der Waals surface area contributed by atoms with E-state index >= 15 is 0 Å². The maximum absolute atomic E-state index is 12.2. The van der Waals surface area contributed by atoms with E-state index < -0.39 is 11.6 Å². The van der Waals surface area contributed by atoms with Crippen molar-refractivity contribution in [2.24, 2.45) is 5.92 Å². The fourth-order valence-corrected chi connectivity index (χ4v) is 3.26. The summed E-state index contributed by atoms with van der Waals surface area (Å²) in [5, 5.41) is 8.74. The van der Waals surface area contributed by atoms with Crippen LogP contribution in [0.1, 0.15) is 69.9 Å². The first kappa shape index (κ1) is 18.5. The number of ether oxygens (including phenoxy) is 1. The number of rotatable bonds is 5. The van der Waals surface area contributed by atoms with Crippen LogP contribution < -0.4 is 0 Å². The van der Waals surface area contributed by atoms with Crippen molar-refractivity contribution in [1.82, 2.24) is 0 Å². The molecule has 1 fully saturated rings. The maximum Gasteiger partial charge on any atom is 0.309 e. The van der Waals surface area contributed by atoms with E-state index in [1.807, 2.05) is 32.9 Å². The van der Waals surface area contributed by atoms with Gasteiger partial charge in [0.15, 0.2) is 0 Å². The van der Waals surface area contributed by atoms with Gasteiger partial charge in [0.05, 0.1) is 5.92 Å². The van der Waals surface area contributed by atoms with Crippen LogP contribution in [-0.2, 0) is 20.7 Å². The van der Waals surface area contributed by atoms with Crippen molar-refractivity contribution in [3.63, 3.8) is 0 Å². The van der Waals surface area contributed by atoms with Crippen LogP contribution in [0, 0.1) is 5.92 Å². The largest absolute Gasteiger partial charge is 0.481 e. The highest BCUT2D eigenvalue weighted by molar-refractivity contribution is 5.73. The lowest BCUT2D eigenvalue weighted by atomic mass is 9.78. The number of aryl methyl sites for hydroxylation is 1. The van der Waals surface area contributed by atoms with E-state index in [2.05, 4.69) is 12.1 Å². The minimum Gasteiger partial charge on any atom is -0.481 e. The second-order valence-electron chi connectivity index (χ2n) is 7.72. The van der Waals surface area contributed by atoms with Crippen LogP contribution in [0.5, 0.6) is 0 Å². The Bertz CT molecular complexity index is 560. The third kappa shape index (κ3) is 5.66. The molecule has 0 unspecified atom stereocenters. The number of carboxylic acids is 1. The Morgan fingerprint density at radius 2 is 1.67 bits per heavy atom. The lowest BCUT2D eigenvalue weighted by molar-refractivity contribution is -0.161. The molecule has 0 bridgehead atoms. The normalized spacial score (nSPS) is 21.3. The fourth-order valence-electron chi connectivity index (χ4n) is 3.26. The predicted molar refractivity (Wildman–Crippen MR) is 92.9 cm³/mol. The topological polar surface area (TPSA) is 63.6 Å². The van der Waals surface area contributed by atoms with E-state index in [0.29, 0.717) is 12.3 Å². The van der Waals surface area contributed by atoms with Gasteiger partial charge in [0, 0.05) is 6.42 Å². The van der Waals surface area contributed by atoms with Crippen molar-refractivity contribution in [2.45, 2.75) is 70.8 Å². The third-order valence-electron chi connectivity index (χ3n) is 4.55. The van der Waals surface area contributed by atoms with Crippen LogP contribution in [0.4, 0.5) is 0 Å². The molecule has 1 aliphatic rings. The van der Waals surface area contributed by atoms with Gasteiger partial charge in [-0.25, -0.2) is 0 Å². The average Bonchev–Trinajstić information content (AvgIpc) is 2.52.